The van der Waals surface area contributed by atoms with Crippen LogP contribution in [0.2, 0.25) is 0 Å². The number of aromatic nitrogens is 5. The first kappa shape index (κ1) is 19.2. The van der Waals surface area contributed by atoms with Gasteiger partial charge in [0.2, 0.25) is 11.7 Å². The number of benzene rings is 2. The largest absolute Gasteiger partial charge is 0.493 e. The van der Waals surface area contributed by atoms with Crippen LogP contribution in [0, 0.1) is 0 Å². The molecule has 0 N–H and O–H groups in total. The minimum absolute atomic E-state index is 0.511. The summed E-state index contributed by atoms with van der Waals surface area (Å²) >= 11 is 1.53. The summed E-state index contributed by atoms with van der Waals surface area (Å²) in [6.45, 7) is 5.38. The summed E-state index contributed by atoms with van der Waals surface area (Å²) in [6, 6.07) is 17.7. The maximum atomic E-state index is 5.66. The molecule has 0 saturated carbocycles. The average Bonchev–Trinajstić information content (AvgIpc) is 3.40. The van der Waals surface area contributed by atoms with E-state index in [0.29, 0.717) is 24.1 Å². The minimum atomic E-state index is 0.511. The Kier molecular flexibility index (Phi) is 5.90. The van der Waals surface area contributed by atoms with E-state index >= 15 is 0 Å². The van der Waals surface area contributed by atoms with Crippen molar-refractivity contribution < 1.29 is 9.26 Å². The molecule has 7 nitrogen and oxygen atoms in total. The van der Waals surface area contributed by atoms with Crippen molar-refractivity contribution in [2.24, 2.45) is 0 Å². The SMILES string of the molecule is CCOc1ccccc1-c1noc(CSc2nnc(-c3ccccc3)n2CC)n1. The molecule has 2 aromatic heterocycles. The molecule has 0 amide bonds. The Morgan fingerprint density at radius 1 is 1.00 bits per heavy atom. The molecule has 4 rings (SSSR count). The Labute approximate surface area is 173 Å². The van der Waals surface area contributed by atoms with E-state index in [1.54, 1.807) is 0 Å². The molecule has 0 aliphatic heterocycles. The van der Waals surface area contributed by atoms with Gasteiger partial charge in [0, 0.05) is 12.1 Å². The number of rotatable bonds is 8. The predicted octanol–water partition coefficient (Wildman–Crippen LogP) is 4.71. The first-order valence-electron chi connectivity index (χ1n) is 9.46. The summed E-state index contributed by atoms with van der Waals surface area (Å²) in [5, 5.41) is 13.6. The highest BCUT2D eigenvalue weighted by Crippen LogP contribution is 2.29. The maximum absolute atomic E-state index is 5.66. The molecule has 0 bridgehead atoms. The van der Waals surface area contributed by atoms with Crippen LogP contribution >= 0.6 is 11.8 Å². The van der Waals surface area contributed by atoms with Gasteiger partial charge in [-0.2, -0.15) is 4.98 Å². The van der Waals surface area contributed by atoms with E-state index in [2.05, 4.69) is 31.8 Å². The predicted molar refractivity (Wildman–Crippen MR) is 112 cm³/mol. The highest BCUT2D eigenvalue weighted by molar-refractivity contribution is 7.98. The number of hydrogen-bond donors (Lipinski definition) is 0. The zero-order chi connectivity index (χ0) is 20.1. The Balaban J connectivity index is 1.51. The lowest BCUT2D eigenvalue weighted by Crippen LogP contribution is -1.99. The molecule has 4 aromatic rings. The van der Waals surface area contributed by atoms with Gasteiger partial charge in [-0.05, 0) is 26.0 Å². The smallest absolute Gasteiger partial charge is 0.237 e. The molecule has 0 unspecified atom stereocenters. The molecule has 8 heteroatoms. The summed E-state index contributed by atoms with van der Waals surface area (Å²) in [6.07, 6.45) is 0. The topological polar surface area (TPSA) is 78.9 Å². The van der Waals surface area contributed by atoms with E-state index in [-0.39, 0.29) is 0 Å². The fraction of sp³-hybridized carbons (Fsp3) is 0.238. The van der Waals surface area contributed by atoms with Gasteiger partial charge < -0.3 is 13.8 Å². The van der Waals surface area contributed by atoms with Gasteiger partial charge in [0.15, 0.2) is 11.0 Å². The number of para-hydroxylation sites is 1. The van der Waals surface area contributed by atoms with Crippen molar-refractivity contribution in [3.63, 3.8) is 0 Å². The molecule has 0 radical (unpaired) electrons. The van der Waals surface area contributed by atoms with Crippen molar-refractivity contribution in [2.45, 2.75) is 31.3 Å². The second-order valence-electron chi connectivity index (χ2n) is 6.15. The number of ether oxygens (including phenoxy) is 1. The zero-order valence-corrected chi connectivity index (χ0v) is 17.1. The molecule has 2 heterocycles. The van der Waals surface area contributed by atoms with Crippen LogP contribution in [0.15, 0.2) is 64.3 Å². The van der Waals surface area contributed by atoms with E-state index in [9.17, 15) is 0 Å². The Hall–Kier alpha value is -3.13. The lowest BCUT2D eigenvalue weighted by Gasteiger charge is -2.06. The van der Waals surface area contributed by atoms with Gasteiger partial charge in [-0.15, -0.1) is 10.2 Å². The van der Waals surface area contributed by atoms with E-state index in [1.807, 2.05) is 61.5 Å². The second-order valence-corrected chi connectivity index (χ2v) is 7.09. The Morgan fingerprint density at radius 2 is 1.79 bits per heavy atom. The molecule has 148 valence electrons. The van der Waals surface area contributed by atoms with Crippen LogP contribution in [0.25, 0.3) is 22.8 Å². The van der Waals surface area contributed by atoms with Crippen LogP contribution in [0.5, 0.6) is 5.75 Å². The summed E-state index contributed by atoms with van der Waals surface area (Å²) in [4.78, 5) is 4.52. The Morgan fingerprint density at radius 3 is 2.59 bits per heavy atom. The molecule has 2 aromatic carbocycles. The number of thioether (sulfide) groups is 1. The monoisotopic (exact) mass is 407 g/mol. The van der Waals surface area contributed by atoms with Crippen molar-refractivity contribution >= 4 is 11.8 Å². The first-order valence-corrected chi connectivity index (χ1v) is 10.4. The third-order valence-electron chi connectivity index (χ3n) is 4.29. The molecule has 29 heavy (non-hydrogen) atoms. The van der Waals surface area contributed by atoms with Crippen molar-refractivity contribution in [1.82, 2.24) is 24.9 Å². The molecule has 0 aliphatic rings. The number of hydrogen-bond acceptors (Lipinski definition) is 7. The molecule has 0 spiro atoms. The summed E-state index contributed by atoms with van der Waals surface area (Å²) < 4.78 is 13.2. The highest BCUT2D eigenvalue weighted by Gasteiger charge is 2.16. The summed E-state index contributed by atoms with van der Waals surface area (Å²) in [5.41, 5.74) is 1.86. The van der Waals surface area contributed by atoms with Crippen LogP contribution in [-0.4, -0.2) is 31.5 Å². The third kappa shape index (κ3) is 4.17. The molecular formula is C21H21N5O2S. The Bertz CT molecular complexity index is 1080. The summed E-state index contributed by atoms with van der Waals surface area (Å²) in [5.74, 6) is 3.16. The minimum Gasteiger partial charge on any atom is -0.493 e. The van der Waals surface area contributed by atoms with Crippen LogP contribution < -0.4 is 4.74 Å². The van der Waals surface area contributed by atoms with E-state index < -0.39 is 0 Å². The second kappa shape index (κ2) is 8.91. The van der Waals surface area contributed by atoms with Crippen LogP contribution in [0.1, 0.15) is 19.7 Å². The average molecular weight is 407 g/mol. The van der Waals surface area contributed by atoms with Gasteiger partial charge in [-0.1, -0.05) is 59.4 Å². The van der Waals surface area contributed by atoms with Crippen molar-refractivity contribution in [3.05, 3.63) is 60.5 Å². The van der Waals surface area contributed by atoms with Gasteiger partial charge in [0.05, 0.1) is 17.9 Å². The maximum Gasteiger partial charge on any atom is 0.237 e. The van der Waals surface area contributed by atoms with Gasteiger partial charge in [-0.25, -0.2) is 0 Å². The normalized spacial score (nSPS) is 11.0. The fourth-order valence-electron chi connectivity index (χ4n) is 2.96. The van der Waals surface area contributed by atoms with Gasteiger partial charge in [0.25, 0.3) is 0 Å². The first-order chi connectivity index (χ1) is 14.3. The van der Waals surface area contributed by atoms with Crippen LogP contribution in [-0.2, 0) is 12.3 Å². The molecular weight excluding hydrogens is 386 g/mol. The van der Waals surface area contributed by atoms with Gasteiger partial charge in [0.1, 0.15) is 5.75 Å². The summed E-state index contributed by atoms with van der Waals surface area (Å²) in [7, 11) is 0. The number of nitrogens with zero attached hydrogens (tertiary/aromatic N) is 5. The van der Waals surface area contributed by atoms with Gasteiger partial charge >= 0.3 is 0 Å². The van der Waals surface area contributed by atoms with Crippen LogP contribution in [0.4, 0.5) is 0 Å². The standard InChI is InChI=1S/C21H21N5O2S/c1-3-26-20(15-10-6-5-7-11-15)23-24-21(26)29-14-18-22-19(25-28-18)16-12-8-9-13-17(16)27-4-2/h5-13H,3-4,14H2,1-2H3. The highest BCUT2D eigenvalue weighted by atomic mass is 32.2. The lowest BCUT2D eigenvalue weighted by molar-refractivity contribution is 0.341. The molecule has 0 fully saturated rings. The van der Waals surface area contributed by atoms with Crippen molar-refractivity contribution in [3.8, 4) is 28.5 Å². The van der Waals surface area contributed by atoms with Crippen molar-refractivity contribution in [2.75, 3.05) is 6.61 Å². The van der Waals surface area contributed by atoms with E-state index in [1.165, 1.54) is 11.8 Å². The molecule has 0 aliphatic carbocycles. The zero-order valence-electron chi connectivity index (χ0n) is 16.3. The molecule has 0 saturated heterocycles. The van der Waals surface area contributed by atoms with Gasteiger partial charge in [-0.3, -0.25) is 0 Å². The molecule has 0 atom stereocenters. The quantitative estimate of drug-likeness (QED) is 0.392. The lowest BCUT2D eigenvalue weighted by atomic mass is 10.2. The fourth-order valence-corrected chi connectivity index (χ4v) is 3.80. The van der Waals surface area contributed by atoms with Crippen LogP contribution in [0.3, 0.4) is 0 Å². The van der Waals surface area contributed by atoms with E-state index in [4.69, 9.17) is 9.26 Å². The third-order valence-corrected chi connectivity index (χ3v) is 5.24. The van der Waals surface area contributed by atoms with Crippen molar-refractivity contribution in [1.29, 1.82) is 0 Å². The van der Waals surface area contributed by atoms with E-state index in [0.717, 1.165) is 34.4 Å².